The molecule has 0 aromatic carbocycles. The van der Waals surface area contributed by atoms with Crippen molar-refractivity contribution in [2.45, 2.75) is 23.9 Å². The van der Waals surface area contributed by atoms with Gasteiger partial charge in [-0.25, -0.2) is 9.97 Å². The smallest absolute Gasteiger partial charge is 0.316 e. The van der Waals surface area contributed by atoms with Crippen molar-refractivity contribution >= 4 is 51.1 Å². The van der Waals surface area contributed by atoms with Crippen LogP contribution in [0.4, 0.5) is 0 Å². The maximum absolute atomic E-state index is 11.9. The van der Waals surface area contributed by atoms with Crippen molar-refractivity contribution in [3.63, 3.8) is 0 Å². The molecule has 1 N–H and O–H groups in total. The number of hydrogen-bond donors (Lipinski definition) is 1. The highest BCUT2D eigenvalue weighted by atomic mass is 32.2. The summed E-state index contributed by atoms with van der Waals surface area (Å²) in [5.74, 6) is -1.09. The van der Waals surface area contributed by atoms with Crippen molar-refractivity contribution in [3.05, 3.63) is 17.8 Å². The van der Waals surface area contributed by atoms with E-state index in [0.29, 0.717) is 5.03 Å². The van der Waals surface area contributed by atoms with Crippen LogP contribution in [-0.2, 0) is 19.1 Å². The lowest BCUT2D eigenvalue weighted by atomic mass is 10.4. The molecule has 0 unspecified atom stereocenters. The number of fused-ring (bicyclic) bond motifs is 1. The number of rotatable bonds is 8. The predicted octanol–water partition coefficient (Wildman–Crippen LogP) is 1.06. The summed E-state index contributed by atoms with van der Waals surface area (Å²) in [5.41, 5.74) is 0. The number of amides is 2. The van der Waals surface area contributed by atoms with Crippen LogP contribution in [0.25, 0.3) is 10.2 Å². The third-order valence-corrected chi connectivity index (χ3v) is 5.46. The molecule has 3 rings (SSSR count). The Morgan fingerprint density at radius 2 is 2.19 bits per heavy atom. The first kappa shape index (κ1) is 18.6. The molecule has 2 heterocycles. The molecule has 0 saturated heterocycles. The molecule has 0 aliphatic heterocycles. The van der Waals surface area contributed by atoms with Crippen LogP contribution in [0.5, 0.6) is 0 Å². The van der Waals surface area contributed by atoms with Crippen molar-refractivity contribution in [2.24, 2.45) is 0 Å². The topological polar surface area (TPSA) is 101 Å². The molecule has 0 radical (unpaired) electrons. The van der Waals surface area contributed by atoms with E-state index in [1.54, 1.807) is 0 Å². The Hall–Kier alpha value is -2.20. The summed E-state index contributed by atoms with van der Waals surface area (Å²) in [6.07, 6.45) is 3.43. The van der Waals surface area contributed by atoms with Gasteiger partial charge in [-0.3, -0.25) is 14.4 Å². The highest BCUT2D eigenvalue weighted by Gasteiger charge is 2.24. The molecule has 10 heteroatoms. The Labute approximate surface area is 158 Å². The van der Waals surface area contributed by atoms with Crippen LogP contribution in [0.15, 0.2) is 22.8 Å². The van der Waals surface area contributed by atoms with Gasteiger partial charge in [0.2, 0.25) is 5.91 Å². The van der Waals surface area contributed by atoms with Crippen molar-refractivity contribution < 1.29 is 19.1 Å². The number of aromatic nitrogens is 2. The van der Waals surface area contributed by atoms with Crippen LogP contribution in [0.1, 0.15) is 12.8 Å². The van der Waals surface area contributed by atoms with Crippen molar-refractivity contribution in [1.82, 2.24) is 20.2 Å². The van der Waals surface area contributed by atoms with Gasteiger partial charge in [0.25, 0.3) is 5.91 Å². The van der Waals surface area contributed by atoms with Gasteiger partial charge >= 0.3 is 5.97 Å². The Morgan fingerprint density at radius 3 is 2.96 bits per heavy atom. The molecule has 2 aromatic heterocycles. The molecule has 0 atom stereocenters. The van der Waals surface area contributed by atoms with Crippen molar-refractivity contribution in [2.75, 3.05) is 26.0 Å². The highest BCUT2D eigenvalue weighted by Crippen LogP contribution is 2.27. The molecular weight excluding hydrogens is 376 g/mol. The second kappa shape index (κ2) is 8.45. The largest absolute Gasteiger partial charge is 0.455 e. The van der Waals surface area contributed by atoms with Crippen LogP contribution in [-0.4, -0.2) is 64.6 Å². The maximum atomic E-state index is 11.9. The third kappa shape index (κ3) is 5.15. The lowest BCUT2D eigenvalue weighted by Crippen LogP contribution is -2.40. The van der Waals surface area contributed by atoms with Gasteiger partial charge in [0.05, 0.1) is 12.3 Å². The van der Waals surface area contributed by atoms with Gasteiger partial charge < -0.3 is 15.0 Å². The van der Waals surface area contributed by atoms with Crippen LogP contribution >= 0.6 is 23.1 Å². The van der Waals surface area contributed by atoms with E-state index in [-0.39, 0.29) is 30.9 Å². The zero-order valence-corrected chi connectivity index (χ0v) is 15.8. The van der Waals surface area contributed by atoms with E-state index in [9.17, 15) is 14.4 Å². The Kier molecular flexibility index (Phi) is 6.04. The van der Waals surface area contributed by atoms with E-state index in [1.807, 2.05) is 11.4 Å². The summed E-state index contributed by atoms with van der Waals surface area (Å²) in [7, 11) is 1.51. The first-order chi connectivity index (χ1) is 12.5. The molecule has 0 spiro atoms. The molecule has 1 fully saturated rings. The predicted molar refractivity (Wildman–Crippen MR) is 97.9 cm³/mol. The van der Waals surface area contributed by atoms with Crippen molar-refractivity contribution in [1.29, 1.82) is 0 Å². The number of likely N-dealkylation sites (N-methyl/N-ethyl adjacent to an activating group) is 1. The monoisotopic (exact) mass is 394 g/mol. The number of nitrogens with zero attached hydrogens (tertiary/aromatic N) is 3. The zero-order chi connectivity index (χ0) is 18.5. The van der Waals surface area contributed by atoms with Crippen molar-refractivity contribution in [3.8, 4) is 0 Å². The fourth-order valence-electron chi connectivity index (χ4n) is 2.11. The molecule has 1 aliphatic carbocycles. The Balaban J connectivity index is 1.39. The average Bonchev–Trinajstić information content (AvgIpc) is 3.29. The number of carbonyl (C=O) groups is 3. The van der Waals surface area contributed by atoms with Gasteiger partial charge in [-0.15, -0.1) is 11.3 Å². The number of carbonyl (C=O) groups excluding carboxylic acids is 3. The molecule has 2 aromatic rings. The Bertz CT molecular complexity index is 821. The van der Waals surface area contributed by atoms with Gasteiger partial charge in [0.1, 0.15) is 16.2 Å². The minimum atomic E-state index is -0.513. The molecule has 26 heavy (non-hydrogen) atoms. The molecule has 1 aliphatic rings. The maximum Gasteiger partial charge on any atom is 0.316 e. The van der Waals surface area contributed by atoms with Crippen LogP contribution in [0.3, 0.4) is 0 Å². The van der Waals surface area contributed by atoms with Gasteiger partial charge in [0.15, 0.2) is 6.61 Å². The third-order valence-electron chi connectivity index (χ3n) is 3.66. The number of thioether (sulfide) groups is 1. The molecule has 1 saturated carbocycles. The lowest BCUT2D eigenvalue weighted by molar-refractivity contribution is -0.149. The number of hydrogen-bond acceptors (Lipinski definition) is 8. The van der Waals surface area contributed by atoms with E-state index < -0.39 is 11.9 Å². The first-order valence-electron chi connectivity index (χ1n) is 8.03. The van der Waals surface area contributed by atoms with Crippen LogP contribution in [0.2, 0.25) is 0 Å². The first-order valence-corrected chi connectivity index (χ1v) is 9.89. The van der Waals surface area contributed by atoms with Gasteiger partial charge in [-0.05, 0) is 24.3 Å². The second-order valence-corrected chi connectivity index (χ2v) is 7.72. The minimum absolute atomic E-state index is 0.0428. The molecule has 0 bridgehead atoms. The average molecular weight is 394 g/mol. The highest BCUT2D eigenvalue weighted by molar-refractivity contribution is 8.00. The molecule has 8 nitrogen and oxygen atoms in total. The standard InChI is InChI=1S/C16H18N4O4S2/c1-20(6-12(21)19-10-2-3-10)13(22)7-24-14(23)8-26-16-11-4-5-25-15(11)17-9-18-16/h4-5,9-10H,2-3,6-8H2,1H3,(H,19,21). The molecule has 138 valence electrons. The zero-order valence-electron chi connectivity index (χ0n) is 14.1. The minimum Gasteiger partial charge on any atom is -0.455 e. The number of thiophene rings is 1. The number of nitrogens with one attached hydrogen (secondary N) is 1. The summed E-state index contributed by atoms with van der Waals surface area (Å²) in [6, 6.07) is 2.15. The van der Waals surface area contributed by atoms with E-state index in [2.05, 4.69) is 15.3 Å². The normalized spacial score (nSPS) is 13.4. The SMILES string of the molecule is CN(CC(=O)NC1CC1)C(=O)COC(=O)CSc1ncnc2sccc12. The summed E-state index contributed by atoms with van der Waals surface area (Å²) < 4.78 is 4.99. The lowest BCUT2D eigenvalue weighted by Gasteiger charge is -2.16. The van der Waals surface area contributed by atoms with Crippen LogP contribution < -0.4 is 5.32 Å². The summed E-state index contributed by atoms with van der Waals surface area (Å²) >= 11 is 2.74. The van der Waals surface area contributed by atoms with Gasteiger partial charge in [-0.1, -0.05) is 11.8 Å². The Morgan fingerprint density at radius 1 is 1.38 bits per heavy atom. The quantitative estimate of drug-likeness (QED) is 0.406. The second-order valence-electron chi connectivity index (χ2n) is 5.86. The summed E-state index contributed by atoms with van der Waals surface area (Å²) in [4.78, 5) is 45.9. The molecule has 2 amide bonds. The van der Waals surface area contributed by atoms with E-state index in [4.69, 9.17) is 4.74 Å². The summed E-state index contributed by atoms with van der Waals surface area (Å²) in [5, 5.41) is 6.31. The molecular formula is C16H18N4O4S2. The van der Waals surface area contributed by atoms with Crippen LogP contribution in [0, 0.1) is 0 Å². The van der Waals surface area contributed by atoms with Gasteiger partial charge in [-0.2, -0.15) is 0 Å². The van der Waals surface area contributed by atoms with E-state index in [1.165, 1.54) is 41.4 Å². The number of ether oxygens (including phenoxy) is 1. The van der Waals surface area contributed by atoms with Gasteiger partial charge in [0, 0.05) is 18.5 Å². The fourth-order valence-corrected chi connectivity index (χ4v) is 3.69. The van der Waals surface area contributed by atoms with E-state index >= 15 is 0 Å². The summed E-state index contributed by atoms with van der Waals surface area (Å²) in [6.45, 7) is -0.428. The fraction of sp³-hybridized carbons (Fsp3) is 0.438. The van der Waals surface area contributed by atoms with E-state index in [0.717, 1.165) is 23.1 Å². The number of esters is 1.